The van der Waals surface area contributed by atoms with E-state index in [9.17, 15) is 4.79 Å². The van der Waals surface area contributed by atoms with Crippen molar-refractivity contribution in [2.24, 2.45) is 0 Å². The Morgan fingerprint density at radius 3 is 2.74 bits per heavy atom. The minimum Gasteiger partial charge on any atom is -0.493 e. The first-order chi connectivity index (χ1) is 13.1. The van der Waals surface area contributed by atoms with Gasteiger partial charge in [-0.25, -0.2) is 0 Å². The van der Waals surface area contributed by atoms with Crippen LogP contribution in [0.15, 0.2) is 42.5 Å². The summed E-state index contributed by atoms with van der Waals surface area (Å²) in [6, 6.07) is 13.2. The standard InChI is InChI=1S/C21H26N2O4/c1-15(21(24)23-11-10-16-6-4-5-7-18(16)23)22-17-8-9-19(26-3)20(14-17)27-13-12-25-2/h4-9,14-15,22H,10-13H2,1-3H3. The largest absolute Gasteiger partial charge is 0.493 e. The molecule has 1 unspecified atom stereocenters. The van der Waals surface area contributed by atoms with Gasteiger partial charge in [0.25, 0.3) is 0 Å². The first-order valence-electron chi connectivity index (χ1n) is 9.09. The van der Waals surface area contributed by atoms with Crippen LogP contribution < -0.4 is 19.7 Å². The molecule has 1 N–H and O–H groups in total. The maximum atomic E-state index is 12.9. The minimum absolute atomic E-state index is 0.0534. The Morgan fingerprint density at radius 2 is 1.96 bits per heavy atom. The van der Waals surface area contributed by atoms with E-state index in [0.717, 1.165) is 24.3 Å². The predicted molar refractivity (Wildman–Crippen MR) is 106 cm³/mol. The number of fused-ring (bicyclic) bond motifs is 1. The van der Waals surface area contributed by atoms with Crippen LogP contribution in [-0.2, 0) is 16.0 Å². The van der Waals surface area contributed by atoms with Crippen LogP contribution in [0, 0.1) is 0 Å². The fourth-order valence-corrected chi connectivity index (χ4v) is 3.23. The van der Waals surface area contributed by atoms with Crippen molar-refractivity contribution in [3.05, 3.63) is 48.0 Å². The van der Waals surface area contributed by atoms with Gasteiger partial charge in [-0.1, -0.05) is 18.2 Å². The number of carbonyl (C=O) groups is 1. The number of para-hydroxylation sites is 1. The van der Waals surface area contributed by atoms with Gasteiger partial charge in [-0.2, -0.15) is 0 Å². The molecule has 1 aliphatic rings. The SMILES string of the molecule is COCCOc1cc(NC(C)C(=O)N2CCc3ccccc32)ccc1OC. The van der Waals surface area contributed by atoms with E-state index < -0.39 is 0 Å². The molecule has 0 spiro atoms. The Hall–Kier alpha value is -2.73. The zero-order chi connectivity index (χ0) is 19.2. The topological polar surface area (TPSA) is 60.0 Å². The average Bonchev–Trinajstić information content (AvgIpc) is 3.12. The first-order valence-corrected chi connectivity index (χ1v) is 9.09. The van der Waals surface area contributed by atoms with Crippen molar-refractivity contribution in [3.8, 4) is 11.5 Å². The molecule has 2 aromatic rings. The summed E-state index contributed by atoms with van der Waals surface area (Å²) >= 11 is 0. The van der Waals surface area contributed by atoms with Crippen LogP contribution in [0.3, 0.4) is 0 Å². The van der Waals surface area contributed by atoms with E-state index in [-0.39, 0.29) is 11.9 Å². The number of carbonyl (C=O) groups excluding carboxylic acids is 1. The van der Waals surface area contributed by atoms with E-state index in [0.29, 0.717) is 24.7 Å². The van der Waals surface area contributed by atoms with Gasteiger partial charge in [0.15, 0.2) is 11.5 Å². The second-order valence-electron chi connectivity index (χ2n) is 6.44. The summed E-state index contributed by atoms with van der Waals surface area (Å²) in [7, 11) is 3.23. The normalized spacial score (nSPS) is 13.8. The molecule has 6 nitrogen and oxygen atoms in total. The van der Waals surface area contributed by atoms with Crippen LogP contribution >= 0.6 is 0 Å². The van der Waals surface area contributed by atoms with Crippen molar-refractivity contribution >= 4 is 17.3 Å². The van der Waals surface area contributed by atoms with Crippen LogP contribution in [0.5, 0.6) is 11.5 Å². The van der Waals surface area contributed by atoms with Crippen LogP contribution in [0.1, 0.15) is 12.5 Å². The number of rotatable bonds is 8. The van der Waals surface area contributed by atoms with E-state index in [1.165, 1.54) is 5.56 Å². The third kappa shape index (κ3) is 4.34. The molecule has 0 radical (unpaired) electrons. The molecule has 1 aliphatic heterocycles. The summed E-state index contributed by atoms with van der Waals surface area (Å²) in [5, 5.41) is 3.27. The number of nitrogens with one attached hydrogen (secondary N) is 1. The molecular formula is C21H26N2O4. The molecule has 1 atom stereocenters. The molecule has 1 amide bonds. The highest BCUT2D eigenvalue weighted by Crippen LogP contribution is 2.31. The molecule has 0 fully saturated rings. The third-order valence-corrected chi connectivity index (χ3v) is 4.62. The molecule has 0 saturated carbocycles. The van der Waals surface area contributed by atoms with E-state index in [4.69, 9.17) is 14.2 Å². The number of hydrogen-bond donors (Lipinski definition) is 1. The predicted octanol–water partition coefficient (Wildman–Crippen LogP) is 3.11. The zero-order valence-corrected chi connectivity index (χ0v) is 16.0. The maximum Gasteiger partial charge on any atom is 0.249 e. The summed E-state index contributed by atoms with van der Waals surface area (Å²) in [6.07, 6.45) is 0.897. The van der Waals surface area contributed by atoms with Crippen LogP contribution in [0.25, 0.3) is 0 Å². The van der Waals surface area contributed by atoms with E-state index in [2.05, 4.69) is 11.4 Å². The van der Waals surface area contributed by atoms with Gasteiger partial charge in [0.2, 0.25) is 5.91 Å². The van der Waals surface area contributed by atoms with Crippen molar-refractivity contribution in [1.29, 1.82) is 0 Å². The molecule has 0 aliphatic carbocycles. The van der Waals surface area contributed by atoms with E-state index in [1.807, 2.05) is 48.2 Å². The van der Waals surface area contributed by atoms with Crippen molar-refractivity contribution < 1.29 is 19.0 Å². The summed E-state index contributed by atoms with van der Waals surface area (Å²) in [4.78, 5) is 14.8. The lowest BCUT2D eigenvalue weighted by molar-refractivity contribution is -0.118. The highest BCUT2D eigenvalue weighted by molar-refractivity contribution is 6.00. The smallest absolute Gasteiger partial charge is 0.249 e. The minimum atomic E-state index is -0.364. The Morgan fingerprint density at radius 1 is 1.15 bits per heavy atom. The third-order valence-electron chi connectivity index (χ3n) is 4.62. The van der Waals surface area contributed by atoms with Gasteiger partial charge in [-0.3, -0.25) is 4.79 Å². The van der Waals surface area contributed by atoms with Crippen molar-refractivity contribution in [2.45, 2.75) is 19.4 Å². The van der Waals surface area contributed by atoms with Crippen LogP contribution in [0.4, 0.5) is 11.4 Å². The Kier molecular flexibility index (Phi) is 6.19. The number of anilines is 2. The lowest BCUT2D eigenvalue weighted by atomic mass is 10.2. The number of benzene rings is 2. The Balaban J connectivity index is 1.69. The number of methoxy groups -OCH3 is 2. The monoisotopic (exact) mass is 370 g/mol. The summed E-state index contributed by atoms with van der Waals surface area (Å²) in [5.41, 5.74) is 3.03. The van der Waals surface area contributed by atoms with Crippen molar-refractivity contribution in [2.75, 3.05) is 44.2 Å². The molecule has 1 heterocycles. The molecule has 0 aromatic heterocycles. The molecule has 6 heteroatoms. The molecule has 0 saturated heterocycles. The van der Waals surface area contributed by atoms with Crippen molar-refractivity contribution in [3.63, 3.8) is 0 Å². The number of amides is 1. The van der Waals surface area contributed by atoms with E-state index >= 15 is 0 Å². The summed E-state index contributed by atoms with van der Waals surface area (Å²) < 4.78 is 16.1. The zero-order valence-electron chi connectivity index (χ0n) is 16.0. The van der Waals surface area contributed by atoms with Gasteiger partial charge in [0.05, 0.1) is 13.7 Å². The Labute approximate surface area is 160 Å². The molecule has 144 valence electrons. The van der Waals surface area contributed by atoms with Gasteiger partial charge in [0.1, 0.15) is 12.6 Å². The van der Waals surface area contributed by atoms with Crippen molar-refractivity contribution in [1.82, 2.24) is 0 Å². The fourth-order valence-electron chi connectivity index (χ4n) is 3.23. The van der Waals surface area contributed by atoms with Gasteiger partial charge in [-0.05, 0) is 37.1 Å². The molecular weight excluding hydrogens is 344 g/mol. The fraction of sp³-hybridized carbons (Fsp3) is 0.381. The Bertz CT molecular complexity index is 794. The van der Waals surface area contributed by atoms with E-state index in [1.54, 1.807) is 14.2 Å². The van der Waals surface area contributed by atoms with Gasteiger partial charge < -0.3 is 24.4 Å². The highest BCUT2D eigenvalue weighted by Gasteiger charge is 2.27. The van der Waals surface area contributed by atoms with Crippen LogP contribution in [0.2, 0.25) is 0 Å². The highest BCUT2D eigenvalue weighted by atomic mass is 16.5. The molecule has 3 rings (SSSR count). The molecule has 0 bridgehead atoms. The molecule has 2 aromatic carbocycles. The lowest BCUT2D eigenvalue weighted by Crippen LogP contribution is -2.40. The maximum absolute atomic E-state index is 12.9. The van der Waals surface area contributed by atoms with Gasteiger partial charge in [0, 0.05) is 31.1 Å². The second-order valence-corrected chi connectivity index (χ2v) is 6.44. The number of hydrogen-bond acceptors (Lipinski definition) is 5. The first kappa shape index (κ1) is 19.0. The van der Waals surface area contributed by atoms with Gasteiger partial charge in [-0.15, -0.1) is 0 Å². The van der Waals surface area contributed by atoms with Crippen LogP contribution in [-0.4, -0.2) is 45.9 Å². The second kappa shape index (κ2) is 8.77. The average molecular weight is 370 g/mol. The summed E-state index contributed by atoms with van der Waals surface area (Å²) in [6.45, 7) is 3.51. The lowest BCUT2D eigenvalue weighted by Gasteiger charge is -2.23. The quantitative estimate of drug-likeness (QED) is 0.724. The number of nitrogens with zero attached hydrogens (tertiary/aromatic N) is 1. The summed E-state index contributed by atoms with van der Waals surface area (Å²) in [5.74, 6) is 1.31. The van der Waals surface area contributed by atoms with Gasteiger partial charge >= 0.3 is 0 Å². The molecule has 27 heavy (non-hydrogen) atoms. The number of ether oxygens (including phenoxy) is 3.